The van der Waals surface area contributed by atoms with Crippen LogP contribution < -0.4 is 5.73 Å². The Morgan fingerprint density at radius 2 is 2.08 bits per heavy atom. The van der Waals surface area contributed by atoms with Gasteiger partial charge in [-0.2, -0.15) is 0 Å². The molecule has 3 aliphatic rings. The van der Waals surface area contributed by atoms with Crippen LogP contribution in [0, 0.1) is 11.8 Å². The summed E-state index contributed by atoms with van der Waals surface area (Å²) in [7, 11) is 0. The highest BCUT2D eigenvalue weighted by molar-refractivity contribution is 6.05. The first kappa shape index (κ1) is 19.8. The summed E-state index contributed by atoms with van der Waals surface area (Å²) in [6.45, 7) is 4.19. The first-order valence-electron chi connectivity index (χ1n) is 10.1. The number of hydrogen-bond acceptors (Lipinski definition) is 3. The number of rotatable bonds is 4. The van der Waals surface area contributed by atoms with Gasteiger partial charge in [-0.05, 0) is 50.0 Å². The van der Waals surface area contributed by atoms with Crippen molar-refractivity contribution in [3.63, 3.8) is 0 Å². The third-order valence-corrected chi connectivity index (χ3v) is 5.46. The van der Waals surface area contributed by atoms with Gasteiger partial charge in [-0.25, -0.2) is 0 Å². The minimum absolute atomic E-state index is 0. The lowest BCUT2D eigenvalue weighted by Gasteiger charge is -2.22. The van der Waals surface area contributed by atoms with Crippen molar-refractivity contribution in [3.8, 4) is 0 Å². The molecule has 0 bridgehead atoms. The third-order valence-electron chi connectivity index (χ3n) is 5.46. The molecular formula is C22H38N2O. The van der Waals surface area contributed by atoms with E-state index in [0.29, 0.717) is 18.3 Å². The highest BCUT2D eigenvalue weighted by Crippen LogP contribution is 2.35. The Morgan fingerprint density at radius 3 is 2.88 bits per heavy atom. The van der Waals surface area contributed by atoms with Crippen LogP contribution in [0.2, 0.25) is 0 Å². The minimum Gasteiger partial charge on any atom is -0.324 e. The molecule has 1 heterocycles. The molecule has 0 aromatic heterocycles. The van der Waals surface area contributed by atoms with Crippen molar-refractivity contribution in [1.29, 1.82) is 0 Å². The van der Waals surface area contributed by atoms with E-state index < -0.39 is 0 Å². The molecule has 1 fully saturated rings. The van der Waals surface area contributed by atoms with E-state index in [1.807, 2.05) is 20.0 Å². The lowest BCUT2D eigenvalue weighted by molar-refractivity contribution is -0.118. The molecule has 0 saturated heterocycles. The number of carbonyl (C=O) groups is 1. The van der Waals surface area contributed by atoms with Crippen molar-refractivity contribution in [2.75, 3.05) is 6.54 Å². The molecule has 1 saturated carbocycles. The highest BCUT2D eigenvalue weighted by Gasteiger charge is 2.26. The fourth-order valence-electron chi connectivity index (χ4n) is 4.17. The van der Waals surface area contributed by atoms with Gasteiger partial charge in [0.25, 0.3) is 0 Å². The second kappa shape index (κ2) is 10.5. The van der Waals surface area contributed by atoms with Crippen molar-refractivity contribution in [3.05, 3.63) is 35.6 Å². The average Bonchev–Trinajstić information content (AvgIpc) is 3.01. The molecule has 3 nitrogen and oxygen atoms in total. The zero-order chi connectivity index (χ0) is 18.1. The fraction of sp³-hybridized carbons (Fsp3) is 0.636. The van der Waals surface area contributed by atoms with Gasteiger partial charge in [0.05, 0.1) is 12.3 Å². The number of Topliss-reactive ketones (excluding diaryl/α,β-unsaturated/α-hetero) is 1. The van der Waals surface area contributed by atoms with Gasteiger partial charge in [0, 0.05) is 21.4 Å². The van der Waals surface area contributed by atoms with Crippen molar-refractivity contribution in [2.45, 2.75) is 71.6 Å². The van der Waals surface area contributed by atoms with Crippen molar-refractivity contribution >= 4 is 11.5 Å². The lowest BCUT2D eigenvalue weighted by Crippen LogP contribution is -2.19. The Balaban J connectivity index is 0.00000164. The van der Waals surface area contributed by atoms with Crippen molar-refractivity contribution < 1.29 is 7.65 Å². The van der Waals surface area contributed by atoms with Crippen LogP contribution in [0.4, 0.5) is 0 Å². The standard InChI is InChI=1S/C20H28N2O.C2H6.2H2/c21-14-18(23)13-15-5-3-7-17(11-10-15)20-19-9-2-1-6-16(19)8-4-12-22-20;1-2;;/h2,4,9,12,15,17H,1,3,5-8,10-11,13-14,21H2;1-2H3;2*1H. The first-order valence-corrected chi connectivity index (χ1v) is 10.1. The Hall–Kier alpha value is -1.48. The van der Waals surface area contributed by atoms with Crippen molar-refractivity contribution in [1.82, 2.24) is 0 Å². The Morgan fingerprint density at radius 1 is 1.24 bits per heavy atom. The van der Waals surface area contributed by atoms with Gasteiger partial charge in [0.1, 0.15) is 5.78 Å². The number of aliphatic imine (C=N–C) groups is 1. The summed E-state index contributed by atoms with van der Waals surface area (Å²) in [5, 5.41) is 0. The Labute approximate surface area is 156 Å². The molecule has 3 heteroatoms. The average molecular weight is 347 g/mol. The Bertz CT molecular complexity index is 579. The maximum absolute atomic E-state index is 11.6. The normalized spacial score (nSPS) is 26.0. The van der Waals surface area contributed by atoms with E-state index in [2.05, 4.69) is 18.2 Å². The summed E-state index contributed by atoms with van der Waals surface area (Å²) >= 11 is 0. The summed E-state index contributed by atoms with van der Waals surface area (Å²) < 4.78 is 0. The fourth-order valence-corrected chi connectivity index (χ4v) is 4.17. The van der Waals surface area contributed by atoms with Crippen LogP contribution in [0.3, 0.4) is 0 Å². The van der Waals surface area contributed by atoms with Gasteiger partial charge in [-0.3, -0.25) is 9.79 Å². The van der Waals surface area contributed by atoms with Gasteiger partial charge in [-0.1, -0.05) is 50.5 Å². The summed E-state index contributed by atoms with van der Waals surface area (Å²) in [4.78, 5) is 16.4. The Kier molecular flexibility index (Phi) is 8.33. The van der Waals surface area contributed by atoms with E-state index in [-0.39, 0.29) is 15.2 Å². The maximum Gasteiger partial charge on any atom is 0.146 e. The molecular weight excluding hydrogens is 308 g/mol. The summed E-state index contributed by atoms with van der Waals surface area (Å²) in [5.41, 5.74) is 9.73. The number of nitrogens with two attached hydrogens (primary N) is 1. The molecule has 2 unspecified atom stereocenters. The number of nitrogens with zero attached hydrogens (tertiary/aromatic N) is 1. The van der Waals surface area contributed by atoms with Crippen LogP contribution in [-0.2, 0) is 4.79 Å². The highest BCUT2D eigenvalue weighted by atomic mass is 16.1. The van der Waals surface area contributed by atoms with Crippen molar-refractivity contribution in [2.24, 2.45) is 22.6 Å². The van der Waals surface area contributed by atoms with Crippen LogP contribution in [0.25, 0.3) is 0 Å². The summed E-state index contributed by atoms with van der Waals surface area (Å²) in [6.07, 6.45) is 18.7. The summed E-state index contributed by atoms with van der Waals surface area (Å²) in [6, 6.07) is 0. The van der Waals surface area contributed by atoms with E-state index in [1.165, 1.54) is 30.5 Å². The van der Waals surface area contributed by atoms with E-state index in [0.717, 1.165) is 32.1 Å². The van der Waals surface area contributed by atoms with Crippen LogP contribution >= 0.6 is 0 Å². The molecule has 0 spiro atoms. The molecule has 3 rings (SSSR count). The molecule has 142 valence electrons. The molecule has 2 N–H and O–H groups in total. The SMILES string of the molecule is CC.NCC(=O)CC1CCCC(C2=NC=CCC3=C2C=CCC3)CC1.[HH].[HH]. The van der Waals surface area contributed by atoms with Crippen LogP contribution in [0.5, 0.6) is 0 Å². The number of hydrogen-bond donors (Lipinski definition) is 1. The van der Waals surface area contributed by atoms with Gasteiger partial charge in [0.2, 0.25) is 0 Å². The van der Waals surface area contributed by atoms with Gasteiger partial charge in [0.15, 0.2) is 0 Å². The molecule has 2 atom stereocenters. The molecule has 0 radical (unpaired) electrons. The largest absolute Gasteiger partial charge is 0.324 e. The molecule has 2 aliphatic carbocycles. The van der Waals surface area contributed by atoms with E-state index in [9.17, 15) is 4.79 Å². The molecule has 25 heavy (non-hydrogen) atoms. The van der Waals surface area contributed by atoms with E-state index in [1.54, 1.807) is 5.57 Å². The third kappa shape index (κ3) is 5.50. The number of ketones is 1. The number of allylic oxidation sites excluding steroid dienone is 5. The molecule has 0 amide bonds. The molecule has 0 aromatic carbocycles. The van der Waals surface area contributed by atoms with Gasteiger partial charge in [-0.15, -0.1) is 0 Å². The number of carbonyl (C=O) groups excluding carboxylic acids is 1. The quantitative estimate of drug-likeness (QED) is 0.671. The zero-order valence-electron chi connectivity index (χ0n) is 16.0. The zero-order valence-corrected chi connectivity index (χ0v) is 16.0. The smallest absolute Gasteiger partial charge is 0.146 e. The van der Waals surface area contributed by atoms with E-state index in [4.69, 9.17) is 10.7 Å². The predicted molar refractivity (Wildman–Crippen MR) is 111 cm³/mol. The topological polar surface area (TPSA) is 55.5 Å². The lowest BCUT2D eigenvalue weighted by atomic mass is 9.84. The minimum atomic E-state index is 0. The first-order chi connectivity index (χ1) is 12.3. The van der Waals surface area contributed by atoms with Gasteiger partial charge >= 0.3 is 0 Å². The van der Waals surface area contributed by atoms with Crippen LogP contribution in [0.1, 0.15) is 74.5 Å². The maximum atomic E-state index is 11.6. The molecule has 1 aliphatic heterocycles. The second-order valence-corrected chi connectivity index (χ2v) is 7.08. The monoisotopic (exact) mass is 346 g/mol. The predicted octanol–water partition coefficient (Wildman–Crippen LogP) is 5.62. The van der Waals surface area contributed by atoms with E-state index >= 15 is 0 Å². The second-order valence-electron chi connectivity index (χ2n) is 7.08. The summed E-state index contributed by atoms with van der Waals surface area (Å²) in [5.74, 6) is 1.28. The van der Waals surface area contributed by atoms with Crippen LogP contribution in [0.15, 0.2) is 40.6 Å². The molecule has 0 aromatic rings. The van der Waals surface area contributed by atoms with Gasteiger partial charge < -0.3 is 5.73 Å². The van der Waals surface area contributed by atoms with Crippen LogP contribution in [-0.4, -0.2) is 18.0 Å².